The van der Waals surface area contributed by atoms with E-state index in [1.165, 1.54) is 18.2 Å². The lowest BCUT2D eigenvalue weighted by molar-refractivity contribution is 0.475. The van der Waals surface area contributed by atoms with Crippen LogP contribution in [0.15, 0.2) is 45.6 Å². The van der Waals surface area contributed by atoms with Gasteiger partial charge in [-0.2, -0.15) is 0 Å². The zero-order valence-corrected chi connectivity index (χ0v) is 19.5. The van der Waals surface area contributed by atoms with Crippen LogP contribution < -0.4 is 10.0 Å². The first-order valence-electron chi connectivity index (χ1n) is 7.73. The molecule has 2 aromatic rings. The van der Waals surface area contributed by atoms with Gasteiger partial charge in [0.05, 0.1) is 4.34 Å². The number of guanidine groups is 1. The summed E-state index contributed by atoms with van der Waals surface area (Å²) in [7, 11) is -0.124. The summed E-state index contributed by atoms with van der Waals surface area (Å²) < 4.78 is 40.6. The SMILES string of the molecule is CN=C(NCCNS(=O)(=O)c1ccc(Cl)s1)N(C)Cc1cccc(F)c1.I. The molecule has 0 unspecified atom stereocenters. The third kappa shape index (κ3) is 7.53. The molecule has 1 aromatic heterocycles. The fourth-order valence-electron chi connectivity index (χ4n) is 2.24. The molecule has 2 rings (SSSR count). The van der Waals surface area contributed by atoms with Crippen LogP contribution >= 0.6 is 46.9 Å². The largest absolute Gasteiger partial charge is 0.355 e. The van der Waals surface area contributed by atoms with E-state index in [1.54, 1.807) is 19.2 Å². The molecule has 0 saturated heterocycles. The zero-order chi connectivity index (χ0) is 19.2. The lowest BCUT2D eigenvalue weighted by atomic mass is 10.2. The quantitative estimate of drug-likeness (QED) is 0.242. The first-order chi connectivity index (χ1) is 12.3. The molecular formula is C16H21ClFIN4O2S2. The van der Waals surface area contributed by atoms with E-state index in [0.29, 0.717) is 23.4 Å². The fraction of sp³-hybridized carbons (Fsp3) is 0.312. The number of hydrogen-bond donors (Lipinski definition) is 2. The number of halogens is 3. The Kier molecular flexibility index (Phi) is 9.95. The summed E-state index contributed by atoms with van der Waals surface area (Å²) in [5, 5.41) is 3.07. The van der Waals surface area contributed by atoms with Gasteiger partial charge in [-0.1, -0.05) is 23.7 Å². The van der Waals surface area contributed by atoms with E-state index in [4.69, 9.17) is 11.6 Å². The second kappa shape index (κ2) is 11.1. The monoisotopic (exact) mass is 546 g/mol. The van der Waals surface area contributed by atoms with E-state index in [0.717, 1.165) is 16.9 Å². The first-order valence-corrected chi connectivity index (χ1v) is 10.4. The van der Waals surface area contributed by atoms with Gasteiger partial charge >= 0.3 is 0 Å². The minimum atomic E-state index is -3.57. The number of nitrogens with one attached hydrogen (secondary N) is 2. The Labute approximate surface area is 184 Å². The number of thiophene rings is 1. The Morgan fingerprint density at radius 1 is 1.30 bits per heavy atom. The molecule has 0 atom stereocenters. The number of nitrogens with zero attached hydrogens (tertiary/aromatic N) is 2. The minimum Gasteiger partial charge on any atom is -0.355 e. The van der Waals surface area contributed by atoms with Crippen molar-refractivity contribution in [1.82, 2.24) is 14.9 Å². The molecule has 150 valence electrons. The second-order valence-corrected chi connectivity index (χ2v) is 9.13. The Hall–Kier alpha value is -0.950. The summed E-state index contributed by atoms with van der Waals surface area (Å²) in [6.07, 6.45) is 0. The van der Waals surface area contributed by atoms with Crippen molar-refractivity contribution in [3.63, 3.8) is 0 Å². The lowest BCUT2D eigenvalue weighted by Gasteiger charge is -2.22. The van der Waals surface area contributed by atoms with Gasteiger partial charge in [-0.05, 0) is 29.8 Å². The van der Waals surface area contributed by atoms with Crippen molar-refractivity contribution in [2.75, 3.05) is 27.2 Å². The summed E-state index contributed by atoms with van der Waals surface area (Å²) in [6, 6.07) is 9.34. The van der Waals surface area contributed by atoms with Crippen molar-refractivity contribution in [3.8, 4) is 0 Å². The van der Waals surface area contributed by atoms with E-state index in [2.05, 4.69) is 15.0 Å². The highest BCUT2D eigenvalue weighted by atomic mass is 127. The third-order valence-corrected chi connectivity index (χ3v) is 6.58. The van der Waals surface area contributed by atoms with Crippen LogP contribution in [0.25, 0.3) is 0 Å². The van der Waals surface area contributed by atoms with Crippen LogP contribution in [0.1, 0.15) is 5.56 Å². The number of aliphatic imine (C=N–C) groups is 1. The molecule has 0 aliphatic heterocycles. The molecule has 0 aliphatic carbocycles. The minimum absolute atomic E-state index is 0. The van der Waals surface area contributed by atoms with Gasteiger partial charge < -0.3 is 10.2 Å². The molecular weight excluding hydrogens is 526 g/mol. The molecule has 11 heteroatoms. The summed E-state index contributed by atoms with van der Waals surface area (Å²) in [6.45, 7) is 1.00. The normalized spacial score (nSPS) is 11.8. The molecule has 0 spiro atoms. The van der Waals surface area contributed by atoms with Crippen molar-refractivity contribution in [3.05, 3.63) is 52.1 Å². The molecule has 0 amide bonds. The highest BCUT2D eigenvalue weighted by Gasteiger charge is 2.16. The van der Waals surface area contributed by atoms with Crippen molar-refractivity contribution < 1.29 is 12.8 Å². The summed E-state index contributed by atoms with van der Waals surface area (Å²) in [5.41, 5.74) is 0.811. The maximum Gasteiger partial charge on any atom is 0.250 e. The van der Waals surface area contributed by atoms with Crippen LogP contribution in [-0.4, -0.2) is 46.5 Å². The standard InChI is InChI=1S/C16H20ClFN4O2S2.HI/c1-19-16(22(2)11-12-4-3-5-13(18)10-12)20-8-9-21-26(23,24)15-7-6-14(17)25-15;/h3-7,10,21H,8-9,11H2,1-2H3,(H,19,20);1H. The Morgan fingerprint density at radius 3 is 2.63 bits per heavy atom. The molecule has 27 heavy (non-hydrogen) atoms. The molecule has 2 N–H and O–H groups in total. The van der Waals surface area contributed by atoms with Crippen LogP contribution in [0, 0.1) is 5.82 Å². The van der Waals surface area contributed by atoms with Crippen LogP contribution in [0.2, 0.25) is 4.34 Å². The maximum atomic E-state index is 13.3. The topological polar surface area (TPSA) is 73.8 Å². The average Bonchev–Trinajstić information content (AvgIpc) is 3.02. The fourth-order valence-corrected chi connectivity index (χ4v) is 4.80. The maximum absolute atomic E-state index is 13.3. The van der Waals surface area contributed by atoms with E-state index in [-0.39, 0.29) is 40.5 Å². The van der Waals surface area contributed by atoms with Crippen molar-refractivity contribution in [1.29, 1.82) is 0 Å². The van der Waals surface area contributed by atoms with E-state index in [9.17, 15) is 12.8 Å². The van der Waals surface area contributed by atoms with Crippen LogP contribution in [0.4, 0.5) is 4.39 Å². The van der Waals surface area contributed by atoms with Crippen LogP contribution in [-0.2, 0) is 16.6 Å². The van der Waals surface area contributed by atoms with Crippen molar-refractivity contribution >= 4 is 62.9 Å². The number of hydrogen-bond acceptors (Lipinski definition) is 4. The molecule has 0 radical (unpaired) electrons. The predicted octanol–water partition coefficient (Wildman–Crippen LogP) is 3.14. The molecule has 0 fully saturated rings. The van der Waals surface area contributed by atoms with Crippen LogP contribution in [0.3, 0.4) is 0 Å². The zero-order valence-electron chi connectivity index (χ0n) is 14.8. The lowest BCUT2D eigenvalue weighted by Crippen LogP contribution is -2.42. The van der Waals surface area contributed by atoms with Gasteiger partial charge in [0, 0.05) is 33.7 Å². The summed E-state index contributed by atoms with van der Waals surface area (Å²) in [4.78, 5) is 5.97. The van der Waals surface area contributed by atoms with Crippen molar-refractivity contribution in [2.24, 2.45) is 4.99 Å². The van der Waals surface area contributed by atoms with Gasteiger partial charge in [-0.3, -0.25) is 4.99 Å². The number of rotatable bonds is 7. The average molecular weight is 547 g/mol. The van der Waals surface area contributed by atoms with Gasteiger partial charge in [-0.25, -0.2) is 17.5 Å². The van der Waals surface area contributed by atoms with Gasteiger partial charge in [0.1, 0.15) is 10.0 Å². The smallest absolute Gasteiger partial charge is 0.250 e. The van der Waals surface area contributed by atoms with Gasteiger partial charge in [0.25, 0.3) is 0 Å². The highest BCUT2D eigenvalue weighted by Crippen LogP contribution is 2.25. The molecule has 1 heterocycles. The first kappa shape index (κ1) is 24.1. The summed E-state index contributed by atoms with van der Waals surface area (Å²) in [5.74, 6) is 0.287. The Bertz CT molecular complexity index is 877. The molecule has 0 aliphatic rings. The molecule has 1 aromatic carbocycles. The van der Waals surface area contributed by atoms with Gasteiger partial charge in [-0.15, -0.1) is 35.3 Å². The van der Waals surface area contributed by atoms with Crippen LogP contribution in [0.5, 0.6) is 0 Å². The number of sulfonamides is 1. The second-order valence-electron chi connectivity index (χ2n) is 5.42. The van der Waals surface area contributed by atoms with E-state index < -0.39 is 10.0 Å². The summed E-state index contributed by atoms with van der Waals surface area (Å²) >= 11 is 6.77. The van der Waals surface area contributed by atoms with E-state index in [1.807, 2.05) is 18.0 Å². The third-order valence-electron chi connectivity index (χ3n) is 3.40. The van der Waals surface area contributed by atoms with Crippen molar-refractivity contribution in [2.45, 2.75) is 10.8 Å². The molecule has 6 nitrogen and oxygen atoms in total. The van der Waals surface area contributed by atoms with Gasteiger partial charge in [0.15, 0.2) is 5.96 Å². The Balaban J connectivity index is 0.00000364. The Morgan fingerprint density at radius 2 is 2.04 bits per heavy atom. The molecule has 0 bridgehead atoms. The van der Waals surface area contributed by atoms with E-state index >= 15 is 0 Å². The highest BCUT2D eigenvalue weighted by molar-refractivity contribution is 14.0. The van der Waals surface area contributed by atoms with Gasteiger partial charge in [0.2, 0.25) is 10.0 Å². The predicted molar refractivity (Wildman–Crippen MR) is 119 cm³/mol. The number of benzene rings is 1. The molecule has 0 saturated carbocycles.